The van der Waals surface area contributed by atoms with Crippen LogP contribution in [-0.4, -0.2) is 38.5 Å². The molecule has 0 atom stereocenters. The number of carbonyl (C=O) groups is 1. The van der Waals surface area contributed by atoms with E-state index < -0.39 is 12.5 Å². The number of halogens is 2. The first-order valence-corrected chi connectivity index (χ1v) is 6.18. The maximum Gasteiger partial charge on any atom is 0.319 e. The summed E-state index contributed by atoms with van der Waals surface area (Å²) in [7, 11) is 1.59. The van der Waals surface area contributed by atoms with Crippen molar-refractivity contribution >= 4 is 5.91 Å². The van der Waals surface area contributed by atoms with Crippen molar-refractivity contribution in [3.63, 3.8) is 0 Å². The molecule has 2 aromatic heterocycles. The number of aryl methyl sites for hydroxylation is 1. The molecule has 0 aliphatic heterocycles. The molecule has 5 nitrogen and oxygen atoms in total. The second-order valence-corrected chi connectivity index (χ2v) is 4.53. The van der Waals surface area contributed by atoms with Gasteiger partial charge in [0.1, 0.15) is 5.69 Å². The third-order valence-electron chi connectivity index (χ3n) is 3.14. The number of imidazole rings is 1. The standard InChI is InChI=1S/C13H16F2N4O/c1-10-3-4-11(19(10)13(14)15)12(20)17(2)7-8-18-6-5-16-9-18/h3-6,9,13H,7-8H2,1-2H3. The molecule has 0 N–H and O–H groups in total. The largest absolute Gasteiger partial charge is 0.339 e. The number of alkyl halides is 2. The Morgan fingerprint density at radius 3 is 2.80 bits per heavy atom. The van der Waals surface area contributed by atoms with E-state index in [1.54, 1.807) is 32.7 Å². The minimum absolute atomic E-state index is 0.00521. The van der Waals surface area contributed by atoms with Gasteiger partial charge in [0.15, 0.2) is 0 Å². The number of nitrogens with zero attached hydrogens (tertiary/aromatic N) is 4. The fourth-order valence-corrected chi connectivity index (χ4v) is 1.97. The van der Waals surface area contributed by atoms with Crippen LogP contribution < -0.4 is 0 Å². The molecule has 0 saturated carbocycles. The van der Waals surface area contributed by atoms with Crippen LogP contribution in [0, 0.1) is 6.92 Å². The number of hydrogen-bond acceptors (Lipinski definition) is 2. The van der Waals surface area contributed by atoms with Crippen LogP contribution in [0.1, 0.15) is 22.7 Å². The van der Waals surface area contributed by atoms with Gasteiger partial charge in [-0.05, 0) is 19.1 Å². The zero-order valence-corrected chi connectivity index (χ0v) is 11.3. The molecule has 2 heterocycles. The van der Waals surface area contributed by atoms with E-state index in [4.69, 9.17) is 0 Å². The van der Waals surface area contributed by atoms with Crippen LogP contribution in [0.3, 0.4) is 0 Å². The van der Waals surface area contributed by atoms with Crippen LogP contribution in [0.15, 0.2) is 30.9 Å². The Kier molecular flexibility index (Phi) is 4.16. The summed E-state index contributed by atoms with van der Waals surface area (Å²) in [5.41, 5.74) is 0.372. The van der Waals surface area contributed by atoms with E-state index in [2.05, 4.69) is 4.98 Å². The van der Waals surface area contributed by atoms with E-state index in [0.717, 1.165) is 4.57 Å². The zero-order valence-electron chi connectivity index (χ0n) is 11.3. The summed E-state index contributed by atoms with van der Waals surface area (Å²) >= 11 is 0. The van der Waals surface area contributed by atoms with Crippen molar-refractivity contribution in [2.45, 2.75) is 20.0 Å². The van der Waals surface area contributed by atoms with E-state index in [0.29, 0.717) is 18.8 Å². The third kappa shape index (κ3) is 2.87. The predicted octanol–water partition coefficient (Wildman–Crippen LogP) is 2.16. The Morgan fingerprint density at radius 1 is 1.45 bits per heavy atom. The normalized spacial score (nSPS) is 11.1. The molecule has 2 rings (SSSR count). The molecule has 0 radical (unpaired) electrons. The van der Waals surface area contributed by atoms with Gasteiger partial charge in [0.05, 0.1) is 6.33 Å². The van der Waals surface area contributed by atoms with Gasteiger partial charge in [0.2, 0.25) is 0 Å². The van der Waals surface area contributed by atoms with E-state index in [1.165, 1.54) is 17.0 Å². The quantitative estimate of drug-likeness (QED) is 0.843. The molecule has 0 spiro atoms. The first-order valence-electron chi connectivity index (χ1n) is 6.18. The lowest BCUT2D eigenvalue weighted by Crippen LogP contribution is -2.31. The predicted molar refractivity (Wildman–Crippen MR) is 69.6 cm³/mol. The fraction of sp³-hybridized carbons (Fsp3) is 0.385. The number of amides is 1. The average Bonchev–Trinajstić information content (AvgIpc) is 3.03. The second kappa shape index (κ2) is 5.85. The van der Waals surface area contributed by atoms with E-state index in [1.807, 2.05) is 4.57 Å². The number of rotatable bonds is 5. The molecule has 0 aliphatic carbocycles. The van der Waals surface area contributed by atoms with Crippen molar-refractivity contribution < 1.29 is 13.6 Å². The lowest BCUT2D eigenvalue weighted by Gasteiger charge is -2.19. The highest BCUT2D eigenvalue weighted by Gasteiger charge is 2.21. The lowest BCUT2D eigenvalue weighted by atomic mass is 10.3. The maximum atomic E-state index is 12.9. The van der Waals surface area contributed by atoms with E-state index >= 15 is 0 Å². The lowest BCUT2D eigenvalue weighted by molar-refractivity contribution is 0.0566. The summed E-state index contributed by atoms with van der Waals surface area (Å²) in [5.74, 6) is -0.418. The van der Waals surface area contributed by atoms with E-state index in [-0.39, 0.29) is 5.69 Å². The zero-order chi connectivity index (χ0) is 14.7. The number of likely N-dealkylation sites (N-methyl/N-ethyl adjacent to an activating group) is 1. The van der Waals surface area contributed by atoms with Gasteiger partial charge in [-0.15, -0.1) is 0 Å². The van der Waals surface area contributed by atoms with Gasteiger partial charge >= 0.3 is 6.55 Å². The minimum atomic E-state index is -2.72. The van der Waals surface area contributed by atoms with Crippen LogP contribution in [-0.2, 0) is 6.54 Å². The van der Waals surface area contributed by atoms with Crippen LogP contribution in [0.5, 0.6) is 0 Å². The first kappa shape index (κ1) is 14.2. The Balaban J connectivity index is 2.07. The SMILES string of the molecule is Cc1ccc(C(=O)N(C)CCn2ccnc2)n1C(F)F. The summed E-state index contributed by atoms with van der Waals surface area (Å²) < 4.78 is 28.4. The molecule has 0 saturated heterocycles. The molecule has 0 aromatic carbocycles. The van der Waals surface area contributed by atoms with Gasteiger partial charge in [-0.2, -0.15) is 8.78 Å². The Bertz CT molecular complexity index is 577. The number of hydrogen-bond donors (Lipinski definition) is 0. The molecule has 0 fully saturated rings. The summed E-state index contributed by atoms with van der Waals surface area (Å²) in [6, 6.07) is 2.95. The highest BCUT2D eigenvalue weighted by atomic mass is 19.3. The molecule has 7 heteroatoms. The molecule has 20 heavy (non-hydrogen) atoms. The Labute approximate surface area is 115 Å². The van der Waals surface area contributed by atoms with Crippen LogP contribution >= 0.6 is 0 Å². The van der Waals surface area contributed by atoms with Crippen LogP contribution in [0.4, 0.5) is 8.78 Å². The van der Waals surface area contributed by atoms with Crippen molar-refractivity contribution in [2.24, 2.45) is 0 Å². The molecule has 108 valence electrons. The van der Waals surface area contributed by atoms with E-state index in [9.17, 15) is 13.6 Å². The Hall–Kier alpha value is -2.18. The summed E-state index contributed by atoms with van der Waals surface area (Å²) in [5, 5.41) is 0. The number of aromatic nitrogens is 3. The summed E-state index contributed by atoms with van der Waals surface area (Å²) in [6.07, 6.45) is 5.07. The second-order valence-electron chi connectivity index (χ2n) is 4.53. The molecular weight excluding hydrogens is 266 g/mol. The fourth-order valence-electron chi connectivity index (χ4n) is 1.97. The molecule has 0 bridgehead atoms. The maximum absolute atomic E-state index is 12.9. The topological polar surface area (TPSA) is 43.1 Å². The molecule has 2 aromatic rings. The molecule has 0 unspecified atom stereocenters. The van der Waals surface area contributed by atoms with Crippen molar-refractivity contribution in [1.29, 1.82) is 0 Å². The summed E-state index contributed by atoms with van der Waals surface area (Å²) in [4.78, 5) is 17.5. The van der Waals surface area contributed by atoms with Gasteiger partial charge in [0.25, 0.3) is 5.91 Å². The monoisotopic (exact) mass is 282 g/mol. The highest BCUT2D eigenvalue weighted by molar-refractivity contribution is 5.92. The van der Waals surface area contributed by atoms with Gasteiger partial charge in [-0.1, -0.05) is 0 Å². The number of carbonyl (C=O) groups excluding carboxylic acids is 1. The Morgan fingerprint density at radius 2 is 2.20 bits per heavy atom. The van der Waals surface area contributed by atoms with Crippen molar-refractivity contribution in [3.8, 4) is 0 Å². The molecular formula is C13H16F2N4O. The van der Waals surface area contributed by atoms with Crippen molar-refractivity contribution in [3.05, 3.63) is 42.2 Å². The van der Waals surface area contributed by atoms with Gasteiger partial charge in [-0.25, -0.2) is 4.98 Å². The van der Waals surface area contributed by atoms with Gasteiger partial charge in [-0.3, -0.25) is 9.36 Å². The van der Waals surface area contributed by atoms with Crippen molar-refractivity contribution in [2.75, 3.05) is 13.6 Å². The van der Waals surface area contributed by atoms with Gasteiger partial charge in [0, 0.05) is 38.2 Å². The van der Waals surface area contributed by atoms with Crippen LogP contribution in [0.25, 0.3) is 0 Å². The minimum Gasteiger partial charge on any atom is -0.339 e. The average molecular weight is 282 g/mol. The van der Waals surface area contributed by atoms with Crippen molar-refractivity contribution in [1.82, 2.24) is 19.0 Å². The molecule has 1 amide bonds. The smallest absolute Gasteiger partial charge is 0.319 e. The van der Waals surface area contributed by atoms with Crippen LogP contribution in [0.2, 0.25) is 0 Å². The molecule has 0 aliphatic rings. The summed E-state index contributed by atoms with van der Waals surface area (Å²) in [6.45, 7) is -0.181. The van der Waals surface area contributed by atoms with Gasteiger partial charge < -0.3 is 9.47 Å². The third-order valence-corrected chi connectivity index (χ3v) is 3.14. The highest BCUT2D eigenvalue weighted by Crippen LogP contribution is 2.19. The first-order chi connectivity index (χ1) is 9.50.